The van der Waals surface area contributed by atoms with E-state index in [1.165, 1.54) is 21.1 Å². The fourth-order valence-corrected chi connectivity index (χ4v) is 5.10. The number of ether oxygens (including phenoxy) is 1. The smallest absolute Gasteiger partial charge is 0.257 e. The highest BCUT2D eigenvalue weighted by Gasteiger charge is 2.37. The van der Waals surface area contributed by atoms with Crippen LogP contribution in [0, 0.1) is 0 Å². The summed E-state index contributed by atoms with van der Waals surface area (Å²) in [7, 11) is 1.61. The highest BCUT2D eigenvalue weighted by atomic mass is 32.1. The maximum atomic E-state index is 12.9. The Labute approximate surface area is 168 Å². The first kappa shape index (κ1) is 20.8. The van der Waals surface area contributed by atoms with Crippen LogP contribution in [-0.2, 0) is 27.3 Å². The number of thiophene rings is 1. The molecule has 3 heterocycles. The Morgan fingerprint density at radius 3 is 2.61 bits per heavy atom. The van der Waals surface area contributed by atoms with Crippen LogP contribution >= 0.6 is 11.3 Å². The van der Waals surface area contributed by atoms with E-state index in [2.05, 4.69) is 0 Å². The fraction of sp³-hybridized carbons (Fsp3) is 0.632. The monoisotopic (exact) mass is 409 g/mol. The second-order valence-electron chi connectivity index (χ2n) is 7.45. The number of likely N-dealkylation sites (N-methyl/N-ethyl adjacent to an activating group) is 1. The van der Waals surface area contributed by atoms with Crippen molar-refractivity contribution in [1.82, 2.24) is 9.80 Å². The molecule has 9 heteroatoms. The topological polar surface area (TPSA) is 90.4 Å². The summed E-state index contributed by atoms with van der Waals surface area (Å²) < 4.78 is 5.62. The standard InChI is InChI=1S/C19H27N3O5S/c1-11(2)27-12(3)17(25)21-6-5-13-14(9-21)28-19-16(13)18(26)20(4)10-15(24)22(19)7-8-23/h11-12,23H,5-10H2,1-4H3. The number of rotatable bonds is 5. The number of anilines is 1. The van der Waals surface area contributed by atoms with E-state index in [1.54, 1.807) is 18.9 Å². The highest BCUT2D eigenvalue weighted by molar-refractivity contribution is 7.17. The Kier molecular flexibility index (Phi) is 6.07. The molecule has 2 aliphatic rings. The van der Waals surface area contributed by atoms with Crippen LogP contribution in [0.2, 0.25) is 0 Å². The third-order valence-corrected chi connectivity index (χ3v) is 6.22. The molecule has 1 aromatic rings. The number of β-amino-alcohol motifs (C(OH)–C–C–N with tert-alkyl or cyclic N) is 1. The van der Waals surface area contributed by atoms with Gasteiger partial charge in [-0.15, -0.1) is 11.3 Å². The first-order valence-electron chi connectivity index (χ1n) is 9.50. The van der Waals surface area contributed by atoms with Crippen molar-refractivity contribution in [3.63, 3.8) is 0 Å². The first-order valence-corrected chi connectivity index (χ1v) is 10.3. The molecule has 1 atom stereocenters. The molecule has 0 radical (unpaired) electrons. The summed E-state index contributed by atoms with van der Waals surface area (Å²) in [5.41, 5.74) is 1.45. The summed E-state index contributed by atoms with van der Waals surface area (Å²) in [5.74, 6) is -0.471. The van der Waals surface area contributed by atoms with E-state index in [1.807, 2.05) is 13.8 Å². The molecular weight excluding hydrogens is 382 g/mol. The van der Waals surface area contributed by atoms with E-state index in [4.69, 9.17) is 4.74 Å². The second-order valence-corrected chi connectivity index (χ2v) is 8.53. The number of fused-ring (bicyclic) bond motifs is 3. The minimum atomic E-state index is -0.528. The summed E-state index contributed by atoms with van der Waals surface area (Å²) >= 11 is 1.37. The molecule has 0 saturated carbocycles. The van der Waals surface area contributed by atoms with Gasteiger partial charge in [0.1, 0.15) is 17.6 Å². The van der Waals surface area contributed by atoms with Gasteiger partial charge in [-0.3, -0.25) is 19.3 Å². The molecule has 3 amide bonds. The SMILES string of the molecule is CC(C)OC(C)C(=O)N1CCc2c(sc3c2C(=O)N(C)CC(=O)N3CCO)C1. The van der Waals surface area contributed by atoms with Gasteiger partial charge in [0.05, 0.1) is 24.8 Å². The summed E-state index contributed by atoms with van der Waals surface area (Å²) in [4.78, 5) is 43.7. The number of hydrogen-bond donors (Lipinski definition) is 1. The Bertz CT molecular complexity index is 791. The molecule has 28 heavy (non-hydrogen) atoms. The quantitative estimate of drug-likeness (QED) is 0.779. The maximum absolute atomic E-state index is 12.9. The van der Waals surface area contributed by atoms with Crippen molar-refractivity contribution in [2.24, 2.45) is 0 Å². The molecule has 8 nitrogen and oxygen atoms in total. The lowest BCUT2D eigenvalue weighted by atomic mass is 10.0. The predicted molar refractivity (Wildman–Crippen MR) is 106 cm³/mol. The van der Waals surface area contributed by atoms with E-state index in [9.17, 15) is 19.5 Å². The van der Waals surface area contributed by atoms with Gasteiger partial charge < -0.3 is 19.6 Å². The summed E-state index contributed by atoms with van der Waals surface area (Å²) in [5, 5.41) is 9.96. The van der Waals surface area contributed by atoms with Crippen molar-refractivity contribution in [3.05, 3.63) is 16.0 Å². The number of aliphatic hydroxyl groups excluding tert-OH is 1. The third kappa shape index (κ3) is 3.78. The van der Waals surface area contributed by atoms with Crippen LogP contribution in [-0.4, -0.2) is 78.1 Å². The van der Waals surface area contributed by atoms with Crippen LogP contribution < -0.4 is 4.90 Å². The minimum Gasteiger partial charge on any atom is -0.395 e. The highest BCUT2D eigenvalue weighted by Crippen LogP contribution is 2.41. The van der Waals surface area contributed by atoms with Crippen molar-refractivity contribution in [3.8, 4) is 0 Å². The zero-order valence-electron chi connectivity index (χ0n) is 16.7. The number of hydrogen-bond acceptors (Lipinski definition) is 6. The van der Waals surface area contributed by atoms with Crippen LogP contribution in [0.25, 0.3) is 0 Å². The number of carbonyl (C=O) groups is 3. The zero-order chi connectivity index (χ0) is 20.6. The van der Waals surface area contributed by atoms with E-state index >= 15 is 0 Å². The average Bonchev–Trinajstić information content (AvgIpc) is 2.98. The van der Waals surface area contributed by atoms with E-state index in [0.717, 1.165) is 10.4 Å². The number of aliphatic hydroxyl groups is 1. The molecule has 0 fully saturated rings. The van der Waals surface area contributed by atoms with Crippen molar-refractivity contribution in [2.45, 2.75) is 45.9 Å². The summed E-state index contributed by atoms with van der Waals surface area (Å²) in [6, 6.07) is 0. The van der Waals surface area contributed by atoms with Crippen LogP contribution in [0.1, 0.15) is 41.6 Å². The zero-order valence-corrected chi connectivity index (χ0v) is 17.5. The first-order chi connectivity index (χ1) is 13.2. The van der Waals surface area contributed by atoms with Gasteiger partial charge in [0.2, 0.25) is 5.91 Å². The van der Waals surface area contributed by atoms with E-state index in [-0.39, 0.29) is 43.5 Å². The van der Waals surface area contributed by atoms with Gasteiger partial charge in [-0.2, -0.15) is 0 Å². The molecule has 0 spiro atoms. The van der Waals surface area contributed by atoms with Gasteiger partial charge in [0.25, 0.3) is 11.8 Å². The third-order valence-electron chi connectivity index (χ3n) is 4.98. The van der Waals surface area contributed by atoms with Crippen LogP contribution in [0.3, 0.4) is 0 Å². The molecule has 0 aliphatic carbocycles. The van der Waals surface area contributed by atoms with Gasteiger partial charge >= 0.3 is 0 Å². The maximum Gasteiger partial charge on any atom is 0.257 e. The number of nitrogens with zero attached hydrogens (tertiary/aromatic N) is 3. The predicted octanol–water partition coefficient (Wildman–Crippen LogP) is 0.857. The lowest BCUT2D eigenvalue weighted by molar-refractivity contribution is -0.146. The van der Waals surface area contributed by atoms with Crippen LogP contribution in [0.4, 0.5) is 5.00 Å². The Hall–Kier alpha value is -1.97. The molecular formula is C19H27N3O5S. The second kappa shape index (κ2) is 8.18. The van der Waals surface area contributed by atoms with Crippen LogP contribution in [0.15, 0.2) is 0 Å². The lowest BCUT2D eigenvalue weighted by Crippen LogP contribution is -2.42. The number of amides is 3. The molecule has 0 aromatic carbocycles. The molecule has 154 valence electrons. The Morgan fingerprint density at radius 2 is 1.96 bits per heavy atom. The molecule has 0 saturated heterocycles. The van der Waals surface area contributed by atoms with Gasteiger partial charge in [-0.1, -0.05) is 0 Å². The van der Waals surface area contributed by atoms with Gasteiger partial charge in [0, 0.05) is 25.0 Å². The Balaban J connectivity index is 1.92. The molecule has 2 aliphatic heterocycles. The lowest BCUT2D eigenvalue weighted by Gasteiger charge is -2.30. The molecule has 3 rings (SSSR count). The molecule has 1 aromatic heterocycles. The molecule has 1 N–H and O–H groups in total. The van der Waals surface area contributed by atoms with Crippen molar-refractivity contribution in [1.29, 1.82) is 0 Å². The van der Waals surface area contributed by atoms with Crippen molar-refractivity contribution >= 4 is 34.1 Å². The fourth-order valence-electron chi connectivity index (χ4n) is 3.70. The van der Waals surface area contributed by atoms with Gasteiger partial charge in [-0.05, 0) is 32.8 Å². The minimum absolute atomic E-state index is 0.0102. The summed E-state index contributed by atoms with van der Waals surface area (Å²) in [6.07, 6.45) is -0.00920. The van der Waals surface area contributed by atoms with Crippen molar-refractivity contribution in [2.75, 3.05) is 38.2 Å². The molecule has 1 unspecified atom stereocenters. The van der Waals surface area contributed by atoms with Crippen molar-refractivity contribution < 1.29 is 24.2 Å². The summed E-state index contributed by atoms with van der Waals surface area (Å²) in [6.45, 7) is 6.40. The Morgan fingerprint density at radius 1 is 1.25 bits per heavy atom. The van der Waals surface area contributed by atoms with Crippen LogP contribution in [0.5, 0.6) is 0 Å². The largest absolute Gasteiger partial charge is 0.395 e. The number of carbonyl (C=O) groups excluding carboxylic acids is 3. The van der Waals surface area contributed by atoms with Gasteiger partial charge in [0.15, 0.2) is 0 Å². The molecule has 0 bridgehead atoms. The normalized spacial score (nSPS) is 18.3. The van der Waals surface area contributed by atoms with Gasteiger partial charge in [-0.25, -0.2) is 0 Å². The van der Waals surface area contributed by atoms with E-state index < -0.39 is 6.10 Å². The average molecular weight is 410 g/mol. The van der Waals surface area contributed by atoms with E-state index in [0.29, 0.717) is 30.1 Å².